The van der Waals surface area contributed by atoms with Crippen molar-refractivity contribution in [2.75, 3.05) is 26.4 Å². The van der Waals surface area contributed by atoms with E-state index in [4.69, 9.17) is 17.7 Å². The van der Waals surface area contributed by atoms with Crippen LogP contribution in [0.4, 0.5) is 0 Å². The summed E-state index contributed by atoms with van der Waals surface area (Å²) < 4.78 is 24.7. The van der Waals surface area contributed by atoms with Crippen LogP contribution in [0.1, 0.15) is 111 Å². The van der Waals surface area contributed by atoms with Crippen molar-refractivity contribution in [2.45, 2.75) is 111 Å². The third-order valence-electron chi connectivity index (χ3n) is 4.36. The van der Waals surface area contributed by atoms with Gasteiger partial charge in [-0.25, -0.2) is 0 Å². The molecule has 0 spiro atoms. The van der Waals surface area contributed by atoms with E-state index in [1.165, 1.54) is 57.8 Å². The molecule has 0 rings (SSSR count). The maximum atomic E-state index is 6.19. The van der Waals surface area contributed by atoms with E-state index < -0.39 is 9.05 Å². The van der Waals surface area contributed by atoms with Gasteiger partial charge in [0.1, 0.15) is 0 Å². The lowest BCUT2D eigenvalue weighted by molar-refractivity contribution is -0.0374. The lowest BCUT2D eigenvalue weighted by Gasteiger charge is -2.28. The summed E-state index contributed by atoms with van der Waals surface area (Å²) in [5, 5.41) is 0. The van der Waals surface area contributed by atoms with Crippen LogP contribution in [-0.2, 0) is 17.7 Å². The van der Waals surface area contributed by atoms with E-state index in [-0.39, 0.29) is 0 Å². The molecule has 0 heterocycles. The van der Waals surface area contributed by atoms with Crippen molar-refractivity contribution in [3.8, 4) is 0 Å². The van der Waals surface area contributed by atoms with E-state index in [1.54, 1.807) is 0 Å². The Labute approximate surface area is 164 Å². The Morgan fingerprint density at radius 2 is 0.654 bits per heavy atom. The van der Waals surface area contributed by atoms with Gasteiger partial charge in [-0.1, -0.05) is 85.5 Å². The predicted octanol–water partition coefficient (Wildman–Crippen LogP) is 6.64. The van der Waals surface area contributed by atoms with Gasteiger partial charge in [0.2, 0.25) is 0 Å². The van der Waals surface area contributed by atoms with Gasteiger partial charge >= 0.3 is 9.05 Å². The minimum absolute atomic E-state index is 0.677. The van der Waals surface area contributed by atoms with Crippen LogP contribution in [-0.4, -0.2) is 35.5 Å². The molecule has 26 heavy (non-hydrogen) atoms. The molecule has 5 heteroatoms. The van der Waals surface area contributed by atoms with Crippen molar-refractivity contribution in [1.82, 2.24) is 0 Å². The average Bonchev–Trinajstić information content (AvgIpc) is 2.65. The van der Waals surface area contributed by atoms with Crippen LogP contribution in [0.15, 0.2) is 0 Å². The fourth-order valence-electron chi connectivity index (χ4n) is 2.62. The second kappa shape index (κ2) is 19.8. The van der Waals surface area contributed by atoms with E-state index >= 15 is 0 Å². The zero-order valence-corrected chi connectivity index (χ0v) is 19.2. The molecule has 0 aromatic heterocycles. The first kappa shape index (κ1) is 26.1. The maximum Gasteiger partial charge on any atom is 0.679 e. The summed E-state index contributed by atoms with van der Waals surface area (Å²) in [5.41, 5.74) is 0. The van der Waals surface area contributed by atoms with Crippen LogP contribution < -0.4 is 0 Å². The SMILES string of the molecule is CCCCCCO[Si](OCCCCC)(OCCCCC)OCCCCC. The lowest BCUT2D eigenvalue weighted by Crippen LogP contribution is -2.50. The molecule has 0 unspecified atom stereocenters. The Kier molecular flexibility index (Phi) is 19.9. The first-order valence-electron chi connectivity index (χ1n) is 11.3. The largest absolute Gasteiger partial charge is 0.679 e. The first-order chi connectivity index (χ1) is 12.7. The van der Waals surface area contributed by atoms with Gasteiger partial charge in [-0.3, -0.25) is 0 Å². The summed E-state index contributed by atoms with van der Waals surface area (Å²) in [6, 6.07) is 0. The quantitative estimate of drug-likeness (QED) is 0.163. The van der Waals surface area contributed by atoms with Crippen LogP contribution in [0, 0.1) is 0 Å². The summed E-state index contributed by atoms with van der Waals surface area (Å²) in [6.07, 6.45) is 14.9. The molecule has 0 N–H and O–H groups in total. The van der Waals surface area contributed by atoms with Crippen LogP contribution >= 0.6 is 0 Å². The summed E-state index contributed by atoms with van der Waals surface area (Å²) in [5.74, 6) is 0. The molecule has 0 aromatic rings. The van der Waals surface area contributed by atoms with Crippen molar-refractivity contribution >= 4 is 9.05 Å². The van der Waals surface area contributed by atoms with E-state index in [1.807, 2.05) is 0 Å². The van der Waals surface area contributed by atoms with Crippen molar-refractivity contribution in [3.63, 3.8) is 0 Å². The Morgan fingerprint density at radius 1 is 0.385 bits per heavy atom. The Bertz CT molecular complexity index is 245. The highest BCUT2D eigenvalue weighted by Crippen LogP contribution is 2.17. The minimum Gasteiger partial charge on any atom is -0.351 e. The average molecular weight is 391 g/mol. The Balaban J connectivity index is 4.63. The minimum atomic E-state index is -3.01. The highest BCUT2D eigenvalue weighted by atomic mass is 28.4. The summed E-state index contributed by atoms with van der Waals surface area (Å²) >= 11 is 0. The van der Waals surface area contributed by atoms with Crippen molar-refractivity contribution in [1.29, 1.82) is 0 Å². The van der Waals surface area contributed by atoms with Gasteiger partial charge in [-0.2, -0.15) is 0 Å². The molecular formula is C21H46O4Si. The number of unbranched alkanes of at least 4 members (excludes halogenated alkanes) is 9. The van der Waals surface area contributed by atoms with Crippen LogP contribution in [0.25, 0.3) is 0 Å². The summed E-state index contributed by atoms with van der Waals surface area (Å²) in [6.45, 7) is 11.6. The second-order valence-corrected chi connectivity index (χ2v) is 9.23. The maximum absolute atomic E-state index is 6.19. The zero-order valence-electron chi connectivity index (χ0n) is 18.2. The van der Waals surface area contributed by atoms with Crippen LogP contribution in [0.5, 0.6) is 0 Å². The van der Waals surface area contributed by atoms with E-state index in [0.717, 1.165) is 25.7 Å². The number of hydrogen-bond acceptors (Lipinski definition) is 4. The van der Waals surface area contributed by atoms with Gasteiger partial charge in [0.25, 0.3) is 0 Å². The molecule has 158 valence electrons. The summed E-state index contributed by atoms with van der Waals surface area (Å²) in [7, 11) is -3.01. The molecule has 0 atom stereocenters. The fraction of sp³-hybridized carbons (Fsp3) is 1.00. The normalized spacial score (nSPS) is 12.0. The molecule has 0 bridgehead atoms. The molecule has 0 aliphatic rings. The molecule has 0 aliphatic heterocycles. The van der Waals surface area contributed by atoms with E-state index in [9.17, 15) is 0 Å². The third-order valence-corrected chi connectivity index (χ3v) is 6.59. The Morgan fingerprint density at radius 3 is 0.962 bits per heavy atom. The van der Waals surface area contributed by atoms with E-state index in [2.05, 4.69) is 27.7 Å². The highest BCUT2D eigenvalue weighted by molar-refractivity contribution is 6.53. The monoisotopic (exact) mass is 390 g/mol. The van der Waals surface area contributed by atoms with Gasteiger partial charge in [-0.15, -0.1) is 0 Å². The van der Waals surface area contributed by atoms with Gasteiger partial charge < -0.3 is 17.7 Å². The first-order valence-corrected chi connectivity index (χ1v) is 12.9. The predicted molar refractivity (Wildman–Crippen MR) is 112 cm³/mol. The lowest BCUT2D eigenvalue weighted by atomic mass is 10.2. The van der Waals surface area contributed by atoms with Gasteiger partial charge in [0.05, 0.1) is 0 Å². The molecule has 0 amide bonds. The molecular weight excluding hydrogens is 344 g/mol. The second-order valence-electron chi connectivity index (χ2n) is 7.08. The third kappa shape index (κ3) is 15.1. The molecule has 0 fully saturated rings. The summed E-state index contributed by atoms with van der Waals surface area (Å²) in [4.78, 5) is 0. The van der Waals surface area contributed by atoms with Crippen LogP contribution in [0.3, 0.4) is 0 Å². The fourth-order valence-corrected chi connectivity index (χ4v) is 4.70. The number of rotatable bonds is 21. The molecule has 0 aromatic carbocycles. The van der Waals surface area contributed by atoms with Crippen molar-refractivity contribution < 1.29 is 17.7 Å². The molecule has 0 saturated heterocycles. The van der Waals surface area contributed by atoms with E-state index in [0.29, 0.717) is 26.4 Å². The number of hydrogen-bond donors (Lipinski definition) is 0. The van der Waals surface area contributed by atoms with Gasteiger partial charge in [0, 0.05) is 26.4 Å². The van der Waals surface area contributed by atoms with Crippen molar-refractivity contribution in [2.24, 2.45) is 0 Å². The zero-order chi connectivity index (χ0) is 19.3. The highest BCUT2D eigenvalue weighted by Gasteiger charge is 2.45. The van der Waals surface area contributed by atoms with Crippen LogP contribution in [0.2, 0.25) is 0 Å². The van der Waals surface area contributed by atoms with Crippen molar-refractivity contribution in [3.05, 3.63) is 0 Å². The molecule has 4 nitrogen and oxygen atoms in total. The molecule has 0 aliphatic carbocycles. The van der Waals surface area contributed by atoms with Gasteiger partial charge in [0.15, 0.2) is 0 Å². The van der Waals surface area contributed by atoms with Gasteiger partial charge in [-0.05, 0) is 25.7 Å². The molecule has 0 saturated carbocycles. The Hall–Kier alpha value is 0.0569. The standard InChI is InChI=1S/C21H46O4Si/c1-5-9-13-17-21-25-26(22-18-14-10-6-2,23-19-15-11-7-3)24-20-16-12-8-4/h5-21H2,1-4H3. The topological polar surface area (TPSA) is 36.9 Å². The smallest absolute Gasteiger partial charge is 0.351 e. The molecule has 0 radical (unpaired) electrons.